The maximum absolute atomic E-state index is 9.65. The van der Waals surface area contributed by atoms with Gasteiger partial charge in [-0.3, -0.25) is 26.4 Å². The maximum atomic E-state index is 9.65. The monoisotopic (exact) mass is 455 g/mol. The molecule has 4 N–H and O–H groups in total. The number of rotatable bonds is 4. The van der Waals surface area contributed by atoms with Crippen molar-refractivity contribution in [1.29, 1.82) is 0 Å². The molecule has 0 aliphatic carbocycles. The van der Waals surface area contributed by atoms with Crippen molar-refractivity contribution in [2.24, 2.45) is 10.4 Å². The molecular formula is C18H30CoN5O5-. The summed E-state index contributed by atoms with van der Waals surface area (Å²) in [6.45, 7) is 10.8. The van der Waals surface area contributed by atoms with Crippen LogP contribution in [0.25, 0.3) is 0 Å². The summed E-state index contributed by atoms with van der Waals surface area (Å²) in [5.74, 6) is 0. The molecule has 10 nitrogen and oxygen atoms in total. The molecule has 11 heteroatoms. The predicted octanol–water partition coefficient (Wildman–Crippen LogP) is 4.04. The number of nitrogens with one attached hydrogen (secondary N) is 2. The Balaban J connectivity index is -0.000000309. The maximum Gasteiger partial charge on any atom is 0.103 e. The van der Waals surface area contributed by atoms with Gasteiger partial charge < -0.3 is 11.7 Å². The minimum absolute atomic E-state index is 0. The summed E-state index contributed by atoms with van der Waals surface area (Å²) < 4.78 is 5.04. The normalized spacial score (nSPS) is 15.6. The summed E-state index contributed by atoms with van der Waals surface area (Å²) >= 11 is 0. The Kier molecular flexibility index (Phi) is 24.0. The van der Waals surface area contributed by atoms with Crippen molar-refractivity contribution in [2.45, 2.75) is 46.6 Å². The molecule has 1 aromatic heterocycles. The van der Waals surface area contributed by atoms with Crippen molar-refractivity contribution < 1.29 is 31.9 Å². The van der Waals surface area contributed by atoms with Crippen molar-refractivity contribution in [2.75, 3.05) is 6.61 Å². The van der Waals surface area contributed by atoms with Crippen LogP contribution in [0.4, 0.5) is 0 Å². The molecule has 1 atom stereocenters. The van der Waals surface area contributed by atoms with E-state index in [1.807, 2.05) is 18.2 Å². The molecule has 0 amide bonds. The number of nitrogens with zero attached hydrogens (tertiary/aromatic N) is 3. The van der Waals surface area contributed by atoms with Crippen LogP contribution in [0.2, 0.25) is 0 Å². The van der Waals surface area contributed by atoms with Crippen molar-refractivity contribution in [3.05, 3.63) is 70.1 Å². The van der Waals surface area contributed by atoms with Crippen LogP contribution in [0, 0.1) is 16.7 Å². The summed E-state index contributed by atoms with van der Waals surface area (Å²) in [7, 11) is 0. The molecule has 2 heterocycles. The molecule has 0 saturated carbocycles. The van der Waals surface area contributed by atoms with Gasteiger partial charge in [-0.2, -0.15) is 0 Å². The van der Waals surface area contributed by atoms with Gasteiger partial charge in [-0.1, -0.05) is 18.6 Å². The quantitative estimate of drug-likeness (QED) is 0.302. The second kappa shape index (κ2) is 22.1. The van der Waals surface area contributed by atoms with Crippen LogP contribution in [0.15, 0.2) is 63.7 Å². The minimum Gasteiger partial charge on any atom is -0.410 e. The van der Waals surface area contributed by atoms with Crippen LogP contribution < -0.4 is 11.0 Å². The Morgan fingerprint density at radius 3 is 1.55 bits per heavy atom. The van der Waals surface area contributed by atoms with Crippen LogP contribution in [0.5, 0.6) is 0 Å². The third-order valence-electron chi connectivity index (χ3n) is 3.29. The van der Waals surface area contributed by atoms with Gasteiger partial charge >= 0.3 is 0 Å². The van der Waals surface area contributed by atoms with E-state index in [-0.39, 0.29) is 28.2 Å². The SMILES string of the molecule is C/C(N=O)=C(\C)NO.C/C(N=O)=C(\C)NO.[CH2-]C1CCCO1.[Co].c1ccncc1. The first-order chi connectivity index (χ1) is 13.3. The van der Waals surface area contributed by atoms with Gasteiger partial charge in [0.05, 0.1) is 11.4 Å². The third-order valence-corrected chi connectivity index (χ3v) is 3.29. The average Bonchev–Trinajstić information content (AvgIpc) is 3.24. The molecule has 0 aromatic carbocycles. The molecular weight excluding hydrogens is 425 g/mol. The Morgan fingerprint density at radius 2 is 1.45 bits per heavy atom. The van der Waals surface area contributed by atoms with Crippen molar-refractivity contribution in [1.82, 2.24) is 15.9 Å². The van der Waals surface area contributed by atoms with Gasteiger partial charge in [0.25, 0.3) is 0 Å². The number of hydrogen-bond donors (Lipinski definition) is 4. The number of hydrogen-bond acceptors (Lipinski definition) is 10. The Hall–Kier alpha value is -2.18. The molecule has 0 bridgehead atoms. The van der Waals surface area contributed by atoms with Crippen molar-refractivity contribution in [3.63, 3.8) is 0 Å². The molecule has 167 valence electrons. The van der Waals surface area contributed by atoms with E-state index in [1.165, 1.54) is 20.3 Å². The number of nitroso groups, excluding NO2 is 2. The number of hydroxylamine groups is 2. The molecule has 2 rings (SSSR count). The van der Waals surface area contributed by atoms with E-state index >= 15 is 0 Å². The van der Waals surface area contributed by atoms with E-state index in [4.69, 9.17) is 15.2 Å². The first-order valence-corrected chi connectivity index (χ1v) is 8.45. The Bertz CT molecular complexity index is 537. The topological polar surface area (TPSA) is 146 Å². The summed E-state index contributed by atoms with van der Waals surface area (Å²) in [5.41, 5.74) is 4.87. The predicted molar refractivity (Wildman–Crippen MR) is 107 cm³/mol. The van der Waals surface area contributed by atoms with Crippen molar-refractivity contribution in [3.8, 4) is 0 Å². The van der Waals surface area contributed by atoms with Gasteiger partial charge in [-0.05, 0) is 56.6 Å². The van der Waals surface area contributed by atoms with Gasteiger partial charge in [0.15, 0.2) is 0 Å². The van der Waals surface area contributed by atoms with Crippen LogP contribution >= 0.6 is 0 Å². The molecule has 1 saturated heterocycles. The molecule has 1 unspecified atom stereocenters. The zero-order valence-corrected chi connectivity index (χ0v) is 18.1. The fraction of sp³-hybridized carbons (Fsp3) is 0.444. The number of allylic oxidation sites excluding steroid dienone is 4. The van der Waals surface area contributed by atoms with Gasteiger partial charge in [0, 0.05) is 35.8 Å². The van der Waals surface area contributed by atoms with Crippen LogP contribution in [0.1, 0.15) is 40.5 Å². The van der Waals surface area contributed by atoms with Crippen molar-refractivity contribution >= 4 is 0 Å². The zero-order valence-electron chi connectivity index (χ0n) is 17.1. The smallest absolute Gasteiger partial charge is 0.103 e. The van der Waals surface area contributed by atoms with Gasteiger partial charge in [0.2, 0.25) is 0 Å². The molecule has 1 radical (unpaired) electrons. The van der Waals surface area contributed by atoms with E-state index in [0.29, 0.717) is 17.5 Å². The van der Waals surface area contributed by atoms with Gasteiger partial charge in [0.1, 0.15) is 11.4 Å². The number of ether oxygens (including phenoxy) is 1. The van der Waals surface area contributed by atoms with E-state index in [0.717, 1.165) is 13.0 Å². The first kappa shape index (κ1) is 31.5. The standard InChI is InChI=1S/C5H5N.C5H9O.2C4H8N2O2.Co/c1-2-4-6-5-3-1;1-5-3-2-4-6-5;2*1-3(5-7)4(2)6-8;/h1-5H;5H,1-4H2;2*5,7H,1-2H3;/q;-1;;;/b;;2*4-3-;. The molecule has 1 aliphatic heterocycles. The van der Waals surface area contributed by atoms with Crippen LogP contribution in [-0.4, -0.2) is 28.1 Å². The van der Waals surface area contributed by atoms with E-state index in [1.54, 1.807) is 37.2 Å². The first-order valence-electron chi connectivity index (χ1n) is 8.45. The summed E-state index contributed by atoms with van der Waals surface area (Å²) in [4.78, 5) is 23.1. The molecule has 29 heavy (non-hydrogen) atoms. The van der Waals surface area contributed by atoms with Crippen LogP contribution in [-0.2, 0) is 21.5 Å². The van der Waals surface area contributed by atoms with E-state index in [9.17, 15) is 9.81 Å². The second-order valence-electron chi connectivity index (χ2n) is 5.49. The largest absolute Gasteiger partial charge is 0.410 e. The number of aromatic nitrogens is 1. The van der Waals surface area contributed by atoms with E-state index < -0.39 is 0 Å². The third kappa shape index (κ3) is 20.4. The minimum atomic E-state index is 0. The van der Waals surface area contributed by atoms with Gasteiger partial charge in [-0.25, -0.2) is 0 Å². The molecule has 1 aliphatic rings. The van der Waals surface area contributed by atoms with Gasteiger partial charge in [-0.15, -0.1) is 9.81 Å². The Labute approximate surface area is 181 Å². The fourth-order valence-electron chi connectivity index (χ4n) is 1.26. The molecule has 0 spiro atoms. The fourth-order valence-corrected chi connectivity index (χ4v) is 1.26. The second-order valence-corrected chi connectivity index (χ2v) is 5.49. The molecule has 1 fully saturated rings. The summed E-state index contributed by atoms with van der Waals surface area (Å²) in [6.07, 6.45) is 6.15. The number of pyridine rings is 1. The summed E-state index contributed by atoms with van der Waals surface area (Å²) in [5, 5.41) is 21.4. The van der Waals surface area contributed by atoms with Crippen LogP contribution in [0.3, 0.4) is 0 Å². The average molecular weight is 455 g/mol. The summed E-state index contributed by atoms with van der Waals surface area (Å²) in [6, 6.07) is 5.72. The zero-order chi connectivity index (χ0) is 21.8. The van der Waals surface area contributed by atoms with E-state index in [2.05, 4.69) is 22.3 Å². The Morgan fingerprint density at radius 1 is 1.00 bits per heavy atom. The molecule has 1 aromatic rings.